The molecule has 10 atom stereocenters. The number of hydrogen-bond acceptors (Lipinski definition) is 4. The van der Waals surface area contributed by atoms with Crippen molar-refractivity contribution in [3.63, 3.8) is 0 Å². The SMILES string of the molecule is CC(=O)OC[C@@H]1C2[C@H]3C4C5[C@H](C([C@H]43)[C@@H]1COC(C)=O)[C@@H]52. The predicted molar refractivity (Wildman–Crippen MR) is 68.2 cm³/mol. The molecule has 0 amide bonds. The van der Waals surface area contributed by atoms with Crippen LogP contribution in [0.4, 0.5) is 0 Å². The molecule has 6 aliphatic carbocycles. The summed E-state index contributed by atoms with van der Waals surface area (Å²) in [6.45, 7) is 4.03. The van der Waals surface area contributed by atoms with E-state index in [1.807, 2.05) is 0 Å². The maximum atomic E-state index is 11.1. The highest BCUT2D eigenvalue weighted by Crippen LogP contribution is 2.93. The minimum atomic E-state index is -0.190. The lowest BCUT2D eigenvalue weighted by Gasteiger charge is -2.47. The topological polar surface area (TPSA) is 52.6 Å². The number of fused-ring (bicyclic) bond motifs is 1. The summed E-state index contributed by atoms with van der Waals surface area (Å²) >= 11 is 0. The summed E-state index contributed by atoms with van der Waals surface area (Å²) in [5.41, 5.74) is 0. The maximum absolute atomic E-state index is 11.1. The van der Waals surface area contributed by atoms with Gasteiger partial charge < -0.3 is 9.47 Å². The van der Waals surface area contributed by atoms with Gasteiger partial charge in [-0.1, -0.05) is 0 Å². The Kier molecular flexibility index (Phi) is 1.97. The lowest BCUT2D eigenvalue weighted by Crippen LogP contribution is -2.47. The zero-order chi connectivity index (χ0) is 13.8. The van der Waals surface area contributed by atoms with E-state index in [1.165, 1.54) is 13.8 Å². The van der Waals surface area contributed by atoms with Crippen molar-refractivity contribution < 1.29 is 19.1 Å². The molecule has 0 N–H and O–H groups in total. The molecule has 4 unspecified atom stereocenters. The van der Waals surface area contributed by atoms with Gasteiger partial charge in [-0.3, -0.25) is 9.59 Å². The van der Waals surface area contributed by atoms with Crippen molar-refractivity contribution in [3.8, 4) is 0 Å². The van der Waals surface area contributed by atoms with Crippen LogP contribution in [0.2, 0.25) is 0 Å². The summed E-state index contributed by atoms with van der Waals surface area (Å²) in [5.74, 6) is 7.67. The normalized spacial score (nSPS) is 58.3. The first kappa shape index (κ1) is 11.6. The minimum absolute atomic E-state index is 0.190. The van der Waals surface area contributed by atoms with Crippen LogP contribution < -0.4 is 0 Å². The van der Waals surface area contributed by atoms with E-state index in [4.69, 9.17) is 9.47 Å². The lowest BCUT2D eigenvalue weighted by atomic mass is 9.59. The van der Waals surface area contributed by atoms with Gasteiger partial charge in [-0.2, -0.15) is 0 Å². The summed E-state index contributed by atoms with van der Waals surface area (Å²) < 4.78 is 10.7. The Morgan fingerprint density at radius 3 is 1.25 bits per heavy atom. The molecule has 6 saturated carbocycles. The Balaban J connectivity index is 1.40. The molecule has 6 aliphatic rings. The third-order valence-electron chi connectivity index (χ3n) is 7.10. The van der Waals surface area contributed by atoms with E-state index in [2.05, 4.69) is 0 Å². The monoisotopic (exact) mass is 276 g/mol. The molecule has 6 rings (SSSR count). The van der Waals surface area contributed by atoms with Gasteiger partial charge in [0.2, 0.25) is 0 Å². The second-order valence-corrected chi connectivity index (χ2v) is 7.55. The van der Waals surface area contributed by atoms with Gasteiger partial charge in [0.05, 0.1) is 13.2 Å². The van der Waals surface area contributed by atoms with Crippen LogP contribution in [0.15, 0.2) is 0 Å². The summed E-state index contributed by atoms with van der Waals surface area (Å²) in [4.78, 5) is 22.3. The van der Waals surface area contributed by atoms with Crippen LogP contribution in [0.25, 0.3) is 0 Å². The van der Waals surface area contributed by atoms with Crippen LogP contribution in [-0.2, 0) is 19.1 Å². The number of esters is 2. The molecule has 0 aromatic rings. The highest BCUT2D eigenvalue weighted by atomic mass is 16.5. The third-order valence-corrected chi connectivity index (χ3v) is 7.10. The van der Waals surface area contributed by atoms with Crippen molar-refractivity contribution in [1.82, 2.24) is 0 Å². The van der Waals surface area contributed by atoms with E-state index in [1.54, 1.807) is 0 Å². The maximum Gasteiger partial charge on any atom is 0.302 e. The first-order valence-corrected chi connectivity index (χ1v) is 7.88. The van der Waals surface area contributed by atoms with Gasteiger partial charge in [0.25, 0.3) is 0 Å². The highest BCUT2D eigenvalue weighted by molar-refractivity contribution is 5.66. The average Bonchev–Trinajstić information content (AvgIpc) is 3.22. The highest BCUT2D eigenvalue weighted by Gasteiger charge is 2.90. The van der Waals surface area contributed by atoms with Crippen molar-refractivity contribution in [2.24, 2.45) is 59.2 Å². The van der Waals surface area contributed by atoms with Crippen molar-refractivity contribution in [2.75, 3.05) is 13.2 Å². The molecule has 0 aliphatic heterocycles. The second kappa shape index (κ2) is 3.40. The molecule has 108 valence electrons. The van der Waals surface area contributed by atoms with Gasteiger partial charge in [0.15, 0.2) is 0 Å². The van der Waals surface area contributed by atoms with E-state index in [-0.39, 0.29) is 11.9 Å². The van der Waals surface area contributed by atoms with Gasteiger partial charge in [-0.25, -0.2) is 0 Å². The van der Waals surface area contributed by atoms with Crippen LogP contribution in [0.3, 0.4) is 0 Å². The molecular formula is C16H20O4. The Bertz CT molecular complexity index is 449. The molecule has 0 saturated heterocycles. The van der Waals surface area contributed by atoms with Gasteiger partial charge >= 0.3 is 11.9 Å². The van der Waals surface area contributed by atoms with Crippen LogP contribution in [0.1, 0.15) is 13.8 Å². The molecule has 0 aromatic heterocycles. The Morgan fingerprint density at radius 2 is 0.950 bits per heavy atom. The number of carbonyl (C=O) groups excluding carboxylic acids is 2. The Hall–Kier alpha value is -1.06. The van der Waals surface area contributed by atoms with E-state index in [9.17, 15) is 9.59 Å². The molecule has 2 bridgehead atoms. The summed E-state index contributed by atoms with van der Waals surface area (Å²) in [5, 5.41) is 0. The van der Waals surface area contributed by atoms with Crippen molar-refractivity contribution >= 4 is 11.9 Å². The van der Waals surface area contributed by atoms with E-state index < -0.39 is 0 Å². The first-order valence-electron chi connectivity index (χ1n) is 7.88. The Morgan fingerprint density at radius 1 is 0.650 bits per heavy atom. The number of ether oxygens (including phenoxy) is 2. The van der Waals surface area contributed by atoms with Gasteiger partial charge in [-0.05, 0) is 47.3 Å². The quantitative estimate of drug-likeness (QED) is 0.727. The zero-order valence-electron chi connectivity index (χ0n) is 11.8. The fraction of sp³-hybridized carbons (Fsp3) is 0.875. The molecule has 4 nitrogen and oxygen atoms in total. The molecule has 4 heteroatoms. The molecule has 6 fully saturated rings. The molecule has 0 radical (unpaired) electrons. The molecule has 20 heavy (non-hydrogen) atoms. The first-order chi connectivity index (χ1) is 9.61. The van der Waals surface area contributed by atoms with Crippen molar-refractivity contribution in [1.29, 1.82) is 0 Å². The standard InChI is InChI=1S/C16H20O4/c1-5(17)19-3-7-8(4-20-6(2)18)10-13-11-9(7)12-14(10)16(12)15(11)13/h7-16H,3-4H2,1-2H3/t7-,8+,9?,10?,11-,12+,13+,14-,15?,16?. The van der Waals surface area contributed by atoms with Crippen LogP contribution >= 0.6 is 0 Å². The van der Waals surface area contributed by atoms with E-state index >= 15 is 0 Å². The van der Waals surface area contributed by atoms with Gasteiger partial charge in [0.1, 0.15) is 0 Å². The van der Waals surface area contributed by atoms with Crippen LogP contribution in [0, 0.1) is 59.2 Å². The predicted octanol–water partition coefficient (Wildman–Crippen LogP) is 1.34. The molecule has 0 heterocycles. The fourth-order valence-electron chi connectivity index (χ4n) is 6.97. The van der Waals surface area contributed by atoms with E-state index in [0.29, 0.717) is 25.0 Å². The van der Waals surface area contributed by atoms with Gasteiger partial charge in [-0.15, -0.1) is 0 Å². The average molecular weight is 276 g/mol. The largest absolute Gasteiger partial charge is 0.466 e. The van der Waals surface area contributed by atoms with Gasteiger partial charge in [0, 0.05) is 25.7 Å². The Labute approximate surface area is 118 Å². The minimum Gasteiger partial charge on any atom is -0.466 e. The summed E-state index contributed by atoms with van der Waals surface area (Å²) in [6, 6.07) is 0. The fourth-order valence-corrected chi connectivity index (χ4v) is 6.97. The smallest absolute Gasteiger partial charge is 0.302 e. The molecule has 0 aromatic carbocycles. The van der Waals surface area contributed by atoms with Crippen LogP contribution in [0.5, 0.6) is 0 Å². The molecule has 0 spiro atoms. The number of rotatable bonds is 4. The second-order valence-electron chi connectivity index (χ2n) is 7.55. The van der Waals surface area contributed by atoms with E-state index in [0.717, 1.165) is 47.3 Å². The van der Waals surface area contributed by atoms with Crippen LogP contribution in [-0.4, -0.2) is 25.2 Å². The molecular weight excluding hydrogens is 256 g/mol. The lowest BCUT2D eigenvalue weighted by molar-refractivity contribution is -0.154. The number of carbonyl (C=O) groups is 2. The summed E-state index contributed by atoms with van der Waals surface area (Å²) in [7, 11) is 0. The van der Waals surface area contributed by atoms with Crippen molar-refractivity contribution in [2.45, 2.75) is 13.8 Å². The third kappa shape index (κ3) is 1.16. The summed E-state index contributed by atoms with van der Waals surface area (Å²) in [6.07, 6.45) is 0. The zero-order valence-corrected chi connectivity index (χ0v) is 11.8. The number of hydrogen-bond donors (Lipinski definition) is 0. The van der Waals surface area contributed by atoms with Crippen molar-refractivity contribution in [3.05, 3.63) is 0 Å².